The topological polar surface area (TPSA) is 71.5 Å². The van der Waals surface area contributed by atoms with Gasteiger partial charge in [-0.1, -0.05) is 6.92 Å². The van der Waals surface area contributed by atoms with Crippen LogP contribution in [0.5, 0.6) is 5.75 Å². The van der Waals surface area contributed by atoms with Gasteiger partial charge in [-0.05, 0) is 69.5 Å². The molecule has 1 aromatic carbocycles. The number of carbonyl (C=O) groups is 2. The van der Waals surface area contributed by atoms with E-state index >= 15 is 0 Å². The summed E-state index contributed by atoms with van der Waals surface area (Å²) >= 11 is 1.48. The molecule has 0 aliphatic carbocycles. The van der Waals surface area contributed by atoms with Gasteiger partial charge in [-0.25, -0.2) is 4.98 Å². The number of benzene rings is 1. The van der Waals surface area contributed by atoms with Gasteiger partial charge in [0.05, 0.1) is 12.3 Å². The Morgan fingerprint density at radius 3 is 2.66 bits per heavy atom. The smallest absolute Gasteiger partial charge is 0.226 e. The molecule has 1 fully saturated rings. The van der Waals surface area contributed by atoms with Crippen LogP contribution in [0.4, 0.5) is 5.13 Å². The molecule has 1 amide bonds. The van der Waals surface area contributed by atoms with Crippen LogP contribution in [0.1, 0.15) is 55.6 Å². The average Bonchev–Trinajstić information content (AvgIpc) is 3.14. The highest BCUT2D eigenvalue weighted by atomic mass is 32.1. The summed E-state index contributed by atoms with van der Waals surface area (Å²) in [5.41, 5.74) is 1.69. The maximum absolute atomic E-state index is 12.1. The fraction of sp³-hybridized carbons (Fsp3) is 0.500. The van der Waals surface area contributed by atoms with Crippen LogP contribution in [0.15, 0.2) is 29.6 Å². The van der Waals surface area contributed by atoms with E-state index in [2.05, 4.69) is 22.1 Å². The van der Waals surface area contributed by atoms with Crippen LogP contribution < -0.4 is 10.1 Å². The summed E-state index contributed by atoms with van der Waals surface area (Å²) < 4.78 is 5.63. The number of thiazole rings is 1. The number of nitrogens with one attached hydrogen (secondary N) is 1. The second-order valence-electron chi connectivity index (χ2n) is 7.68. The van der Waals surface area contributed by atoms with Crippen LogP contribution in [0.2, 0.25) is 0 Å². The number of hydrogen-bond donors (Lipinski definition) is 1. The van der Waals surface area contributed by atoms with Crippen molar-refractivity contribution in [2.45, 2.75) is 46.1 Å². The molecule has 1 aliphatic heterocycles. The third-order valence-corrected chi connectivity index (χ3v) is 5.94. The zero-order valence-electron chi connectivity index (χ0n) is 17.1. The maximum atomic E-state index is 12.1. The first kappa shape index (κ1) is 21.5. The molecule has 2 heterocycles. The summed E-state index contributed by atoms with van der Waals surface area (Å²) in [5.74, 6) is 1.50. The highest BCUT2D eigenvalue weighted by Gasteiger charge is 2.17. The van der Waals surface area contributed by atoms with Gasteiger partial charge in [0.2, 0.25) is 5.91 Å². The number of amides is 1. The fourth-order valence-electron chi connectivity index (χ4n) is 3.28. The predicted molar refractivity (Wildman–Crippen MR) is 116 cm³/mol. The summed E-state index contributed by atoms with van der Waals surface area (Å²) in [5, 5.41) is 5.57. The molecule has 0 bridgehead atoms. The Balaban J connectivity index is 1.34. The van der Waals surface area contributed by atoms with Crippen molar-refractivity contribution < 1.29 is 14.3 Å². The number of aromatic nitrogens is 1. The van der Waals surface area contributed by atoms with E-state index in [1.165, 1.54) is 31.1 Å². The second-order valence-corrected chi connectivity index (χ2v) is 8.54. The number of likely N-dealkylation sites (tertiary alicyclic amines) is 1. The first-order valence-electron chi connectivity index (χ1n) is 10.2. The lowest BCUT2D eigenvalue weighted by Crippen LogP contribution is -2.32. The zero-order chi connectivity index (χ0) is 20.6. The largest absolute Gasteiger partial charge is 0.494 e. The predicted octanol–water partition coefficient (Wildman–Crippen LogP) is 4.38. The van der Waals surface area contributed by atoms with Crippen molar-refractivity contribution in [3.63, 3.8) is 0 Å². The van der Waals surface area contributed by atoms with Crippen LogP contribution in [0, 0.1) is 5.92 Å². The fourth-order valence-corrected chi connectivity index (χ4v) is 3.99. The number of anilines is 1. The van der Waals surface area contributed by atoms with E-state index in [1.54, 1.807) is 24.3 Å². The molecule has 1 aromatic heterocycles. The van der Waals surface area contributed by atoms with Crippen LogP contribution in [0.25, 0.3) is 0 Å². The molecule has 0 radical (unpaired) electrons. The Kier molecular flexibility index (Phi) is 7.77. The minimum Gasteiger partial charge on any atom is -0.494 e. The van der Waals surface area contributed by atoms with Crippen molar-refractivity contribution in [1.29, 1.82) is 0 Å². The highest BCUT2D eigenvalue weighted by molar-refractivity contribution is 7.13. The molecular formula is C22H29N3O3S. The number of nitrogens with zero attached hydrogens (tertiary/aromatic N) is 2. The number of Topliss-reactive ketones (excluding diaryl/α,β-unsaturated/α-hetero) is 1. The van der Waals surface area contributed by atoms with Gasteiger partial charge in [-0.2, -0.15) is 0 Å². The SMILES string of the molecule is CC(=O)c1ccc(OCCCC(=O)Nc2nc(CN3CCC(C)CC3)cs2)cc1. The lowest BCUT2D eigenvalue weighted by Gasteiger charge is -2.29. The van der Waals surface area contributed by atoms with Gasteiger partial charge in [0, 0.05) is 23.9 Å². The minimum absolute atomic E-state index is 0.0316. The Morgan fingerprint density at radius 2 is 1.97 bits per heavy atom. The first-order valence-corrected chi connectivity index (χ1v) is 11.1. The average molecular weight is 416 g/mol. The first-order chi connectivity index (χ1) is 14.0. The van der Waals surface area contributed by atoms with Gasteiger partial charge in [-0.3, -0.25) is 14.5 Å². The number of ether oxygens (including phenoxy) is 1. The van der Waals surface area contributed by atoms with Gasteiger partial charge < -0.3 is 10.1 Å². The van der Waals surface area contributed by atoms with Crippen molar-refractivity contribution in [3.05, 3.63) is 40.9 Å². The van der Waals surface area contributed by atoms with Gasteiger partial charge >= 0.3 is 0 Å². The van der Waals surface area contributed by atoms with Crippen LogP contribution >= 0.6 is 11.3 Å². The number of ketones is 1. The number of piperidine rings is 1. The molecule has 29 heavy (non-hydrogen) atoms. The summed E-state index contributed by atoms with van der Waals surface area (Å²) in [7, 11) is 0. The van der Waals surface area contributed by atoms with E-state index in [9.17, 15) is 9.59 Å². The molecule has 6 nitrogen and oxygen atoms in total. The molecule has 1 aliphatic rings. The number of rotatable bonds is 9. The van der Waals surface area contributed by atoms with Gasteiger partial charge in [0.15, 0.2) is 10.9 Å². The quantitative estimate of drug-likeness (QED) is 0.486. The van der Waals surface area contributed by atoms with E-state index in [1.807, 2.05) is 5.38 Å². The van der Waals surface area contributed by atoms with E-state index in [0.29, 0.717) is 35.9 Å². The minimum atomic E-state index is -0.0479. The lowest BCUT2D eigenvalue weighted by molar-refractivity contribution is -0.116. The Hall–Kier alpha value is -2.25. The summed E-state index contributed by atoms with van der Waals surface area (Å²) in [6.07, 6.45) is 3.49. The van der Waals surface area contributed by atoms with Gasteiger partial charge in [0.25, 0.3) is 0 Å². The molecule has 1 saturated heterocycles. The van der Waals surface area contributed by atoms with E-state index in [0.717, 1.165) is 31.2 Å². The molecule has 1 N–H and O–H groups in total. The van der Waals surface area contributed by atoms with E-state index in [4.69, 9.17) is 4.74 Å². The monoisotopic (exact) mass is 415 g/mol. The van der Waals surface area contributed by atoms with Crippen LogP contribution in [-0.4, -0.2) is 41.3 Å². The summed E-state index contributed by atoms with van der Waals surface area (Å²) in [6.45, 7) is 7.39. The Bertz CT molecular complexity index is 811. The Morgan fingerprint density at radius 1 is 1.24 bits per heavy atom. The highest BCUT2D eigenvalue weighted by Crippen LogP contribution is 2.21. The van der Waals surface area contributed by atoms with Gasteiger partial charge in [-0.15, -0.1) is 11.3 Å². The molecule has 156 valence electrons. The third-order valence-electron chi connectivity index (χ3n) is 5.14. The molecule has 7 heteroatoms. The zero-order valence-corrected chi connectivity index (χ0v) is 18.0. The summed E-state index contributed by atoms with van der Waals surface area (Å²) in [6, 6.07) is 7.04. The normalized spacial score (nSPS) is 15.2. The number of hydrogen-bond acceptors (Lipinski definition) is 6. The molecule has 2 aromatic rings. The summed E-state index contributed by atoms with van der Waals surface area (Å²) in [4.78, 5) is 30.4. The molecule has 3 rings (SSSR count). The third kappa shape index (κ3) is 6.94. The van der Waals surface area contributed by atoms with Crippen molar-refractivity contribution in [2.24, 2.45) is 5.92 Å². The second kappa shape index (κ2) is 10.5. The van der Waals surface area contributed by atoms with Crippen molar-refractivity contribution >= 4 is 28.2 Å². The van der Waals surface area contributed by atoms with E-state index in [-0.39, 0.29) is 11.7 Å². The standard InChI is InChI=1S/C22H29N3O3S/c1-16-9-11-25(12-10-16)14-19-15-29-22(23-19)24-21(27)4-3-13-28-20-7-5-18(6-8-20)17(2)26/h5-8,15-16H,3-4,9-14H2,1-2H3,(H,23,24,27). The van der Waals surface area contributed by atoms with Crippen molar-refractivity contribution in [1.82, 2.24) is 9.88 Å². The van der Waals surface area contributed by atoms with Crippen LogP contribution in [-0.2, 0) is 11.3 Å². The van der Waals surface area contributed by atoms with Crippen molar-refractivity contribution in [2.75, 3.05) is 25.0 Å². The van der Waals surface area contributed by atoms with E-state index < -0.39 is 0 Å². The maximum Gasteiger partial charge on any atom is 0.226 e. The van der Waals surface area contributed by atoms with Crippen molar-refractivity contribution in [3.8, 4) is 5.75 Å². The molecule has 0 spiro atoms. The van der Waals surface area contributed by atoms with Gasteiger partial charge in [0.1, 0.15) is 5.75 Å². The molecule has 0 saturated carbocycles. The number of carbonyl (C=O) groups excluding carboxylic acids is 2. The Labute approximate surface area is 176 Å². The van der Waals surface area contributed by atoms with Crippen LogP contribution in [0.3, 0.4) is 0 Å². The molecule has 0 atom stereocenters. The lowest BCUT2D eigenvalue weighted by atomic mass is 9.99. The molecule has 0 unspecified atom stereocenters. The molecular weight excluding hydrogens is 386 g/mol.